The molecule has 0 aliphatic carbocycles. The van der Waals surface area contributed by atoms with Crippen LogP contribution in [0.1, 0.15) is 20.8 Å². The Morgan fingerprint density at radius 3 is 2.75 bits per heavy atom. The van der Waals surface area contributed by atoms with Gasteiger partial charge in [0.05, 0.1) is 19.0 Å². The van der Waals surface area contributed by atoms with Crippen LogP contribution in [0.5, 0.6) is 5.75 Å². The maximum Gasteiger partial charge on any atom is 0.435 e. The molecule has 0 N–H and O–H groups in total. The maximum absolute atomic E-state index is 11.9. The molecular formula is C14H17N3O3. The van der Waals surface area contributed by atoms with Crippen LogP contribution in [-0.2, 0) is 4.74 Å². The Morgan fingerprint density at radius 2 is 2.10 bits per heavy atom. The lowest BCUT2D eigenvalue weighted by Crippen LogP contribution is -2.27. The first-order valence-corrected chi connectivity index (χ1v) is 6.17. The fraction of sp³-hybridized carbons (Fsp3) is 0.357. The largest absolute Gasteiger partial charge is 0.497 e. The van der Waals surface area contributed by atoms with E-state index in [1.165, 1.54) is 0 Å². The van der Waals surface area contributed by atoms with Crippen LogP contribution < -0.4 is 4.74 Å². The molecule has 0 radical (unpaired) electrons. The Balaban J connectivity index is 2.22. The highest BCUT2D eigenvalue weighted by Gasteiger charge is 2.18. The molecule has 0 atom stereocenters. The first kappa shape index (κ1) is 14.0. The van der Waals surface area contributed by atoms with Gasteiger partial charge in [0.1, 0.15) is 11.4 Å². The molecule has 0 saturated heterocycles. The number of rotatable bonds is 2. The minimum atomic E-state index is -0.558. The lowest BCUT2D eigenvalue weighted by atomic mass is 10.2. The fourth-order valence-corrected chi connectivity index (χ4v) is 1.56. The summed E-state index contributed by atoms with van der Waals surface area (Å²) >= 11 is 0. The number of ether oxygens (including phenoxy) is 2. The molecule has 0 bridgehead atoms. The Bertz CT molecular complexity index is 614. The lowest BCUT2D eigenvalue weighted by molar-refractivity contribution is 0.0514. The molecule has 106 valence electrons. The van der Waals surface area contributed by atoms with Gasteiger partial charge in [-0.2, -0.15) is 9.78 Å². The highest BCUT2D eigenvalue weighted by molar-refractivity contribution is 5.72. The Morgan fingerprint density at radius 1 is 1.35 bits per heavy atom. The van der Waals surface area contributed by atoms with E-state index >= 15 is 0 Å². The van der Waals surface area contributed by atoms with Crippen LogP contribution in [0.15, 0.2) is 30.7 Å². The predicted molar refractivity (Wildman–Crippen MR) is 73.6 cm³/mol. The van der Waals surface area contributed by atoms with Crippen molar-refractivity contribution < 1.29 is 14.3 Å². The summed E-state index contributed by atoms with van der Waals surface area (Å²) < 4.78 is 11.5. The molecule has 2 aromatic heterocycles. The number of methoxy groups -OCH3 is 1. The molecule has 0 aliphatic heterocycles. The van der Waals surface area contributed by atoms with Crippen molar-refractivity contribution in [2.75, 3.05) is 7.11 Å². The van der Waals surface area contributed by atoms with Gasteiger partial charge < -0.3 is 9.47 Å². The molecule has 2 rings (SSSR count). The van der Waals surface area contributed by atoms with E-state index in [1.54, 1.807) is 58.6 Å². The second-order valence-electron chi connectivity index (χ2n) is 5.23. The van der Waals surface area contributed by atoms with Crippen molar-refractivity contribution in [3.05, 3.63) is 30.7 Å². The zero-order valence-electron chi connectivity index (χ0n) is 12.0. The second kappa shape index (κ2) is 5.32. The van der Waals surface area contributed by atoms with E-state index in [9.17, 15) is 4.79 Å². The molecule has 6 heteroatoms. The summed E-state index contributed by atoms with van der Waals surface area (Å²) in [5.41, 5.74) is 0.839. The van der Waals surface area contributed by atoms with E-state index in [2.05, 4.69) is 10.1 Å². The Kier molecular flexibility index (Phi) is 3.74. The average molecular weight is 275 g/mol. The summed E-state index contributed by atoms with van der Waals surface area (Å²) in [6, 6.07) is 3.53. The van der Waals surface area contributed by atoms with E-state index in [0.29, 0.717) is 11.4 Å². The molecule has 0 unspecified atom stereocenters. The van der Waals surface area contributed by atoms with Crippen molar-refractivity contribution in [3.63, 3.8) is 0 Å². The van der Waals surface area contributed by atoms with E-state index in [4.69, 9.17) is 9.47 Å². The molecule has 20 heavy (non-hydrogen) atoms. The van der Waals surface area contributed by atoms with Crippen molar-refractivity contribution >= 4 is 6.09 Å². The highest BCUT2D eigenvalue weighted by Crippen LogP contribution is 2.21. The SMILES string of the molecule is COc1ccnc(-c2cnn(C(=O)OC(C)(C)C)c2)c1. The Hall–Kier alpha value is -2.37. The third-order valence-corrected chi connectivity index (χ3v) is 2.43. The zero-order valence-corrected chi connectivity index (χ0v) is 12.0. The average Bonchev–Trinajstić information content (AvgIpc) is 2.86. The molecule has 0 aromatic carbocycles. The van der Waals surface area contributed by atoms with Crippen LogP contribution in [0.3, 0.4) is 0 Å². The second-order valence-corrected chi connectivity index (χ2v) is 5.23. The number of carbonyl (C=O) groups excluding carboxylic acids is 1. The predicted octanol–water partition coefficient (Wildman–Crippen LogP) is 2.74. The van der Waals surface area contributed by atoms with Crippen LogP contribution in [-0.4, -0.2) is 33.6 Å². The first-order chi connectivity index (χ1) is 9.39. The maximum atomic E-state index is 11.9. The minimum absolute atomic E-state index is 0.522. The molecule has 0 aliphatic rings. The highest BCUT2D eigenvalue weighted by atomic mass is 16.6. The van der Waals surface area contributed by atoms with Gasteiger partial charge in [-0.1, -0.05) is 0 Å². The Labute approximate surface area is 117 Å². The van der Waals surface area contributed by atoms with Gasteiger partial charge in [-0.15, -0.1) is 0 Å². The van der Waals surface area contributed by atoms with Gasteiger partial charge in [-0.25, -0.2) is 4.79 Å². The summed E-state index contributed by atoms with van der Waals surface area (Å²) in [5, 5.41) is 3.99. The molecule has 6 nitrogen and oxygen atoms in total. The smallest absolute Gasteiger partial charge is 0.435 e. The van der Waals surface area contributed by atoms with Gasteiger partial charge >= 0.3 is 6.09 Å². The van der Waals surface area contributed by atoms with Gasteiger partial charge in [0.2, 0.25) is 0 Å². The molecule has 0 amide bonds. The number of carbonyl (C=O) groups is 1. The minimum Gasteiger partial charge on any atom is -0.497 e. The van der Waals surface area contributed by atoms with Gasteiger partial charge in [0, 0.05) is 24.0 Å². The van der Waals surface area contributed by atoms with Crippen LogP contribution in [0, 0.1) is 0 Å². The van der Waals surface area contributed by atoms with E-state index in [-0.39, 0.29) is 0 Å². The summed E-state index contributed by atoms with van der Waals surface area (Å²) in [6.07, 6.45) is 4.26. The molecule has 0 fully saturated rings. The standard InChI is InChI=1S/C14H17N3O3/c1-14(2,3)20-13(18)17-9-10(8-16-17)12-7-11(19-4)5-6-15-12/h5-9H,1-4H3. The summed E-state index contributed by atoms with van der Waals surface area (Å²) in [7, 11) is 1.59. The van der Waals surface area contributed by atoms with Crippen LogP contribution >= 0.6 is 0 Å². The van der Waals surface area contributed by atoms with Gasteiger partial charge in [0.15, 0.2) is 0 Å². The summed E-state index contributed by atoms with van der Waals surface area (Å²) in [4.78, 5) is 16.1. The first-order valence-electron chi connectivity index (χ1n) is 6.17. The van der Waals surface area contributed by atoms with Crippen molar-refractivity contribution in [2.24, 2.45) is 0 Å². The quantitative estimate of drug-likeness (QED) is 0.843. The van der Waals surface area contributed by atoms with E-state index < -0.39 is 11.7 Å². The number of nitrogens with zero attached hydrogens (tertiary/aromatic N) is 3. The van der Waals surface area contributed by atoms with E-state index in [1.807, 2.05) is 0 Å². The number of hydrogen-bond donors (Lipinski definition) is 0. The molecular weight excluding hydrogens is 258 g/mol. The van der Waals surface area contributed by atoms with Crippen LogP contribution in [0.4, 0.5) is 4.79 Å². The van der Waals surface area contributed by atoms with Gasteiger partial charge in [0.25, 0.3) is 0 Å². The topological polar surface area (TPSA) is 66.2 Å². The third kappa shape index (κ3) is 3.34. The fourth-order valence-electron chi connectivity index (χ4n) is 1.56. The van der Waals surface area contributed by atoms with Crippen molar-refractivity contribution in [1.29, 1.82) is 0 Å². The number of pyridine rings is 1. The number of hydrogen-bond acceptors (Lipinski definition) is 5. The molecule has 2 heterocycles. The van der Waals surface area contributed by atoms with Crippen molar-refractivity contribution in [3.8, 4) is 17.0 Å². The third-order valence-electron chi connectivity index (χ3n) is 2.43. The summed E-state index contributed by atoms with van der Waals surface area (Å²) in [5.74, 6) is 0.694. The number of aromatic nitrogens is 3. The molecule has 2 aromatic rings. The van der Waals surface area contributed by atoms with Crippen molar-refractivity contribution in [2.45, 2.75) is 26.4 Å². The van der Waals surface area contributed by atoms with Gasteiger partial charge in [-0.3, -0.25) is 4.98 Å². The lowest BCUT2D eigenvalue weighted by Gasteiger charge is -2.18. The molecule has 0 spiro atoms. The van der Waals surface area contributed by atoms with Crippen molar-refractivity contribution in [1.82, 2.24) is 14.8 Å². The van der Waals surface area contributed by atoms with E-state index in [0.717, 1.165) is 10.2 Å². The molecule has 0 saturated carbocycles. The van der Waals surface area contributed by atoms with Gasteiger partial charge in [-0.05, 0) is 26.8 Å². The summed E-state index contributed by atoms with van der Waals surface area (Å²) in [6.45, 7) is 5.41. The zero-order chi connectivity index (χ0) is 14.8. The normalized spacial score (nSPS) is 11.2. The monoisotopic (exact) mass is 275 g/mol. The van der Waals surface area contributed by atoms with Crippen LogP contribution in [0.2, 0.25) is 0 Å². The van der Waals surface area contributed by atoms with Crippen LogP contribution in [0.25, 0.3) is 11.3 Å².